The average Bonchev–Trinajstić information content (AvgIpc) is 2.40. The molecule has 94 valence electrons. The van der Waals surface area contributed by atoms with Gasteiger partial charge in [0.2, 0.25) is 0 Å². The average molecular weight is 241 g/mol. The predicted octanol–water partition coefficient (Wildman–Crippen LogP) is 3.80. The van der Waals surface area contributed by atoms with Crippen LogP contribution < -0.4 is 5.32 Å². The monoisotopic (exact) mass is 241 g/mol. The van der Waals surface area contributed by atoms with Crippen molar-refractivity contribution in [2.45, 2.75) is 25.9 Å². The van der Waals surface area contributed by atoms with Crippen LogP contribution in [0.2, 0.25) is 0 Å². The van der Waals surface area contributed by atoms with E-state index >= 15 is 0 Å². The molecule has 2 atom stereocenters. The van der Waals surface area contributed by atoms with Crippen molar-refractivity contribution in [3.05, 3.63) is 65.7 Å². The number of benzene rings is 2. The first kappa shape index (κ1) is 12.7. The highest BCUT2D eigenvalue weighted by Crippen LogP contribution is 2.25. The van der Waals surface area contributed by atoms with E-state index in [-0.39, 0.29) is 12.1 Å². The minimum absolute atomic E-state index is 0.112. The minimum Gasteiger partial charge on any atom is -0.508 e. The van der Waals surface area contributed by atoms with Crippen LogP contribution in [0, 0.1) is 0 Å². The number of hydrogen-bond donors (Lipinski definition) is 2. The van der Waals surface area contributed by atoms with Gasteiger partial charge in [-0.1, -0.05) is 48.5 Å². The molecule has 2 heteroatoms. The summed E-state index contributed by atoms with van der Waals surface area (Å²) >= 11 is 0. The lowest BCUT2D eigenvalue weighted by Gasteiger charge is -2.21. The van der Waals surface area contributed by atoms with Crippen LogP contribution in [0.3, 0.4) is 0 Å². The van der Waals surface area contributed by atoms with Crippen LogP contribution in [0.4, 0.5) is 0 Å². The third kappa shape index (κ3) is 2.90. The molecule has 18 heavy (non-hydrogen) atoms. The van der Waals surface area contributed by atoms with Crippen LogP contribution in [-0.2, 0) is 0 Å². The molecule has 0 radical (unpaired) electrons. The second kappa shape index (κ2) is 5.69. The molecule has 2 nitrogen and oxygen atoms in total. The van der Waals surface area contributed by atoms with Crippen molar-refractivity contribution >= 4 is 0 Å². The summed E-state index contributed by atoms with van der Waals surface area (Å²) in [5.41, 5.74) is 2.18. The fourth-order valence-corrected chi connectivity index (χ4v) is 2.16. The van der Waals surface area contributed by atoms with E-state index in [1.807, 2.05) is 36.4 Å². The third-order valence-electron chi connectivity index (χ3n) is 3.20. The first-order valence-corrected chi connectivity index (χ1v) is 6.27. The van der Waals surface area contributed by atoms with Gasteiger partial charge in [0.15, 0.2) is 0 Å². The summed E-state index contributed by atoms with van der Waals surface area (Å²) < 4.78 is 0. The van der Waals surface area contributed by atoms with E-state index in [2.05, 4.69) is 31.3 Å². The molecule has 0 amide bonds. The van der Waals surface area contributed by atoms with Crippen molar-refractivity contribution in [2.24, 2.45) is 0 Å². The van der Waals surface area contributed by atoms with Gasteiger partial charge >= 0.3 is 0 Å². The van der Waals surface area contributed by atoms with Crippen molar-refractivity contribution in [3.63, 3.8) is 0 Å². The van der Waals surface area contributed by atoms with E-state index in [1.54, 1.807) is 6.07 Å². The largest absolute Gasteiger partial charge is 0.508 e. The molecule has 0 fully saturated rings. The van der Waals surface area contributed by atoms with Crippen LogP contribution in [-0.4, -0.2) is 5.11 Å². The Labute approximate surface area is 108 Å². The van der Waals surface area contributed by atoms with Gasteiger partial charge in [0.1, 0.15) is 5.75 Å². The molecule has 0 aromatic heterocycles. The minimum atomic E-state index is 0.112. The summed E-state index contributed by atoms with van der Waals surface area (Å²) in [7, 11) is 0. The zero-order chi connectivity index (χ0) is 13.0. The number of aromatic hydroxyl groups is 1. The van der Waals surface area contributed by atoms with Crippen LogP contribution in [0.1, 0.15) is 37.1 Å². The number of para-hydroxylation sites is 1. The Hall–Kier alpha value is -1.80. The first-order valence-electron chi connectivity index (χ1n) is 6.27. The maximum atomic E-state index is 9.82. The Morgan fingerprint density at radius 1 is 0.833 bits per heavy atom. The van der Waals surface area contributed by atoms with Gasteiger partial charge in [0.05, 0.1) is 0 Å². The van der Waals surface area contributed by atoms with Gasteiger partial charge in [-0.15, -0.1) is 0 Å². The van der Waals surface area contributed by atoms with Crippen molar-refractivity contribution in [1.29, 1.82) is 0 Å². The molecule has 0 saturated carbocycles. The topological polar surface area (TPSA) is 32.3 Å². The lowest BCUT2D eigenvalue weighted by atomic mass is 10.0. The van der Waals surface area contributed by atoms with Gasteiger partial charge in [0, 0.05) is 17.6 Å². The Kier molecular flexibility index (Phi) is 4.00. The van der Waals surface area contributed by atoms with Crippen molar-refractivity contribution in [1.82, 2.24) is 5.32 Å². The van der Waals surface area contributed by atoms with Gasteiger partial charge in [-0.05, 0) is 25.5 Å². The van der Waals surface area contributed by atoms with E-state index in [0.717, 1.165) is 5.56 Å². The smallest absolute Gasteiger partial charge is 0.120 e. The van der Waals surface area contributed by atoms with Crippen molar-refractivity contribution in [2.75, 3.05) is 0 Å². The molecular weight excluding hydrogens is 222 g/mol. The molecule has 2 aromatic rings. The molecule has 0 saturated heterocycles. The SMILES string of the molecule is CC(NC(C)c1ccccc1O)c1ccccc1. The molecule has 2 unspecified atom stereocenters. The second-order valence-corrected chi connectivity index (χ2v) is 4.58. The summed E-state index contributed by atoms with van der Waals surface area (Å²) in [6, 6.07) is 18.1. The highest BCUT2D eigenvalue weighted by Gasteiger charge is 2.13. The van der Waals surface area contributed by atoms with E-state index in [9.17, 15) is 5.11 Å². The quantitative estimate of drug-likeness (QED) is 0.853. The Balaban J connectivity index is 2.08. The molecule has 2 aromatic carbocycles. The Morgan fingerprint density at radius 3 is 2.11 bits per heavy atom. The molecule has 2 rings (SSSR count). The lowest BCUT2D eigenvalue weighted by molar-refractivity contribution is 0.438. The summed E-state index contributed by atoms with van der Waals surface area (Å²) in [4.78, 5) is 0. The van der Waals surface area contributed by atoms with E-state index < -0.39 is 0 Å². The highest BCUT2D eigenvalue weighted by atomic mass is 16.3. The van der Waals surface area contributed by atoms with Gasteiger partial charge in [-0.2, -0.15) is 0 Å². The maximum Gasteiger partial charge on any atom is 0.120 e. The zero-order valence-corrected chi connectivity index (χ0v) is 10.8. The molecular formula is C16H19NO. The van der Waals surface area contributed by atoms with Crippen molar-refractivity contribution in [3.8, 4) is 5.75 Å². The van der Waals surface area contributed by atoms with E-state index in [4.69, 9.17) is 0 Å². The number of nitrogens with one attached hydrogen (secondary N) is 1. The van der Waals surface area contributed by atoms with E-state index in [0.29, 0.717) is 5.75 Å². The van der Waals surface area contributed by atoms with Crippen LogP contribution in [0.25, 0.3) is 0 Å². The van der Waals surface area contributed by atoms with Crippen LogP contribution in [0.15, 0.2) is 54.6 Å². The van der Waals surface area contributed by atoms with Gasteiger partial charge in [-0.25, -0.2) is 0 Å². The normalized spacial score (nSPS) is 14.1. The standard InChI is InChI=1S/C16H19NO/c1-12(14-8-4-3-5-9-14)17-13(2)15-10-6-7-11-16(15)18/h3-13,17-18H,1-2H3. The zero-order valence-electron chi connectivity index (χ0n) is 10.8. The fraction of sp³-hybridized carbons (Fsp3) is 0.250. The molecule has 0 aliphatic carbocycles. The predicted molar refractivity (Wildman–Crippen MR) is 74.5 cm³/mol. The fourth-order valence-electron chi connectivity index (χ4n) is 2.16. The highest BCUT2D eigenvalue weighted by molar-refractivity contribution is 5.34. The first-order chi connectivity index (χ1) is 8.68. The number of phenolic OH excluding ortho intramolecular Hbond substituents is 1. The van der Waals surface area contributed by atoms with Crippen LogP contribution in [0.5, 0.6) is 5.75 Å². The summed E-state index contributed by atoms with van der Waals surface area (Å²) in [5, 5.41) is 13.3. The van der Waals surface area contributed by atoms with Gasteiger partial charge < -0.3 is 10.4 Å². The number of rotatable bonds is 4. The molecule has 0 heterocycles. The molecule has 2 N–H and O–H groups in total. The molecule has 0 bridgehead atoms. The Morgan fingerprint density at radius 2 is 1.44 bits per heavy atom. The van der Waals surface area contributed by atoms with Crippen molar-refractivity contribution < 1.29 is 5.11 Å². The summed E-state index contributed by atoms with van der Waals surface area (Å²) in [6.45, 7) is 4.19. The molecule has 0 aliphatic rings. The van der Waals surface area contributed by atoms with Crippen LogP contribution >= 0.6 is 0 Å². The second-order valence-electron chi connectivity index (χ2n) is 4.58. The molecule has 0 aliphatic heterocycles. The summed E-state index contributed by atoms with van der Waals surface area (Å²) in [5.74, 6) is 0.345. The third-order valence-corrected chi connectivity index (χ3v) is 3.20. The number of phenols is 1. The summed E-state index contributed by atoms with van der Waals surface area (Å²) in [6.07, 6.45) is 0. The van der Waals surface area contributed by atoms with Gasteiger partial charge in [-0.3, -0.25) is 0 Å². The van der Waals surface area contributed by atoms with Gasteiger partial charge in [0.25, 0.3) is 0 Å². The Bertz CT molecular complexity index is 495. The number of hydrogen-bond acceptors (Lipinski definition) is 2. The maximum absolute atomic E-state index is 9.82. The lowest BCUT2D eigenvalue weighted by Crippen LogP contribution is -2.22. The van der Waals surface area contributed by atoms with E-state index in [1.165, 1.54) is 5.56 Å². The molecule has 0 spiro atoms.